The maximum absolute atomic E-state index is 13.0. The van der Waals surface area contributed by atoms with E-state index in [2.05, 4.69) is 15.9 Å². The van der Waals surface area contributed by atoms with Crippen molar-refractivity contribution in [2.45, 2.75) is 12.5 Å². The molecule has 33 heavy (non-hydrogen) atoms. The largest absolute Gasteiger partial charge is 0.507 e. The number of ketones is 1. The molecule has 3 aromatic rings. The Morgan fingerprint density at radius 2 is 1.61 bits per heavy atom. The summed E-state index contributed by atoms with van der Waals surface area (Å²) in [5.74, 6) is -1.79. The number of aliphatic hydroxyl groups is 1. The van der Waals surface area contributed by atoms with Crippen molar-refractivity contribution < 1.29 is 19.6 Å². The molecule has 0 aliphatic carbocycles. The van der Waals surface area contributed by atoms with E-state index in [1.165, 1.54) is 29.2 Å². The molecule has 1 fully saturated rings. The number of carbonyl (C=O) groups excluding carboxylic acids is 2. The number of aliphatic hydroxyl groups excluding tert-OH is 1. The third-order valence-electron chi connectivity index (χ3n) is 5.56. The zero-order chi connectivity index (χ0) is 23.5. The minimum Gasteiger partial charge on any atom is -0.507 e. The maximum atomic E-state index is 13.0. The van der Waals surface area contributed by atoms with E-state index < -0.39 is 22.7 Å². The van der Waals surface area contributed by atoms with Gasteiger partial charge in [-0.25, -0.2) is 0 Å². The second kappa shape index (κ2) is 9.38. The number of carbonyl (C=O) groups is 2. The Bertz CT molecular complexity index is 1240. The zero-order valence-electron chi connectivity index (χ0n) is 17.3. The predicted molar refractivity (Wildman–Crippen MR) is 126 cm³/mol. The first-order valence-corrected chi connectivity index (χ1v) is 11.0. The van der Waals surface area contributed by atoms with Gasteiger partial charge in [-0.3, -0.25) is 19.7 Å². The number of amides is 1. The van der Waals surface area contributed by atoms with Crippen molar-refractivity contribution in [3.63, 3.8) is 0 Å². The monoisotopic (exact) mass is 506 g/mol. The van der Waals surface area contributed by atoms with Crippen LogP contribution in [-0.4, -0.2) is 33.2 Å². The molecule has 7 nitrogen and oxygen atoms in total. The summed E-state index contributed by atoms with van der Waals surface area (Å²) in [5, 5.41) is 22.1. The van der Waals surface area contributed by atoms with Crippen molar-refractivity contribution in [3.8, 4) is 0 Å². The van der Waals surface area contributed by atoms with Crippen molar-refractivity contribution >= 4 is 39.1 Å². The van der Waals surface area contributed by atoms with Crippen LogP contribution in [0.5, 0.6) is 0 Å². The van der Waals surface area contributed by atoms with E-state index in [9.17, 15) is 24.8 Å². The summed E-state index contributed by atoms with van der Waals surface area (Å²) >= 11 is 3.34. The normalized spacial score (nSPS) is 17.4. The molecular weight excluding hydrogens is 488 g/mol. The molecule has 3 aromatic carbocycles. The van der Waals surface area contributed by atoms with Gasteiger partial charge in [0.1, 0.15) is 5.76 Å². The number of nitro groups is 1. The molecule has 0 aromatic heterocycles. The van der Waals surface area contributed by atoms with Crippen LogP contribution in [0.15, 0.2) is 88.9 Å². The smallest absolute Gasteiger partial charge is 0.295 e. The van der Waals surface area contributed by atoms with Crippen molar-refractivity contribution in [2.75, 3.05) is 6.54 Å². The molecule has 1 unspecified atom stereocenters. The average Bonchev–Trinajstić information content (AvgIpc) is 3.08. The van der Waals surface area contributed by atoms with Crippen LogP contribution in [-0.2, 0) is 16.0 Å². The predicted octanol–water partition coefficient (Wildman–Crippen LogP) is 5.02. The van der Waals surface area contributed by atoms with E-state index in [4.69, 9.17) is 0 Å². The number of benzene rings is 3. The molecule has 1 saturated heterocycles. The summed E-state index contributed by atoms with van der Waals surface area (Å²) in [6.45, 7) is 0.243. The molecule has 4 rings (SSSR count). The van der Waals surface area contributed by atoms with Gasteiger partial charge in [0, 0.05) is 28.7 Å². The maximum Gasteiger partial charge on any atom is 0.295 e. The van der Waals surface area contributed by atoms with E-state index in [1.54, 1.807) is 24.3 Å². The van der Waals surface area contributed by atoms with Crippen LogP contribution in [0.2, 0.25) is 0 Å². The Labute approximate surface area is 198 Å². The van der Waals surface area contributed by atoms with E-state index in [-0.39, 0.29) is 23.6 Å². The summed E-state index contributed by atoms with van der Waals surface area (Å²) in [6.07, 6.45) is 0.510. The van der Waals surface area contributed by atoms with Crippen LogP contribution in [0, 0.1) is 10.1 Å². The summed E-state index contributed by atoms with van der Waals surface area (Å²) in [4.78, 5) is 38.0. The van der Waals surface area contributed by atoms with Crippen LogP contribution in [0.25, 0.3) is 5.76 Å². The van der Waals surface area contributed by atoms with Gasteiger partial charge in [0.2, 0.25) is 0 Å². The van der Waals surface area contributed by atoms with Gasteiger partial charge in [-0.2, -0.15) is 0 Å². The van der Waals surface area contributed by atoms with Gasteiger partial charge < -0.3 is 10.0 Å². The number of rotatable bonds is 6. The van der Waals surface area contributed by atoms with Crippen molar-refractivity contribution in [1.29, 1.82) is 0 Å². The van der Waals surface area contributed by atoms with Gasteiger partial charge in [0.15, 0.2) is 0 Å². The van der Waals surface area contributed by atoms with Gasteiger partial charge in [0.05, 0.1) is 16.5 Å². The first kappa shape index (κ1) is 22.4. The molecule has 1 heterocycles. The van der Waals surface area contributed by atoms with E-state index in [1.807, 2.05) is 30.3 Å². The Morgan fingerprint density at radius 1 is 0.970 bits per heavy atom. The van der Waals surface area contributed by atoms with E-state index >= 15 is 0 Å². The van der Waals surface area contributed by atoms with Crippen LogP contribution >= 0.6 is 15.9 Å². The molecule has 1 atom stereocenters. The van der Waals surface area contributed by atoms with Crippen molar-refractivity contribution in [3.05, 3.63) is 116 Å². The standard InChI is InChI=1S/C25H19BrN2O5/c26-19-10-6-18(7-11-19)23(29)21-22(17-8-12-20(13-9-17)28(32)33)27(25(31)24(21)30)15-14-16-4-2-1-3-5-16/h1-13,22,29H,14-15H2. The first-order chi connectivity index (χ1) is 15.9. The number of likely N-dealkylation sites (tertiary alicyclic amines) is 1. The molecule has 0 radical (unpaired) electrons. The Morgan fingerprint density at radius 3 is 2.21 bits per heavy atom. The van der Waals surface area contributed by atoms with E-state index in [0.717, 1.165) is 10.0 Å². The minimum atomic E-state index is -0.863. The molecule has 1 aliphatic heterocycles. The number of nitrogens with zero attached hydrogens (tertiary/aromatic N) is 2. The number of halogens is 1. The second-order valence-corrected chi connectivity index (χ2v) is 8.50. The van der Waals surface area contributed by atoms with Crippen LogP contribution in [0.4, 0.5) is 5.69 Å². The molecule has 0 bridgehead atoms. The lowest BCUT2D eigenvalue weighted by Crippen LogP contribution is -2.31. The fourth-order valence-corrected chi connectivity index (χ4v) is 4.16. The van der Waals surface area contributed by atoms with E-state index in [0.29, 0.717) is 17.5 Å². The topological polar surface area (TPSA) is 101 Å². The SMILES string of the molecule is O=C1C(=O)N(CCc2ccccc2)C(c2ccc([N+](=O)[O-])cc2)C1=C(O)c1ccc(Br)cc1. The molecule has 0 saturated carbocycles. The average molecular weight is 507 g/mol. The highest BCUT2D eigenvalue weighted by atomic mass is 79.9. The lowest BCUT2D eigenvalue weighted by Gasteiger charge is -2.25. The number of non-ortho nitro benzene ring substituents is 1. The number of nitro benzene ring substituents is 1. The Kier molecular flexibility index (Phi) is 6.37. The molecule has 166 valence electrons. The minimum absolute atomic E-state index is 0.0377. The summed E-state index contributed by atoms with van der Waals surface area (Å²) in [6, 6.07) is 21.1. The van der Waals surface area contributed by atoms with Crippen LogP contribution in [0.1, 0.15) is 22.7 Å². The fraction of sp³-hybridized carbons (Fsp3) is 0.120. The lowest BCUT2D eigenvalue weighted by molar-refractivity contribution is -0.384. The highest BCUT2D eigenvalue weighted by molar-refractivity contribution is 9.10. The summed E-state index contributed by atoms with van der Waals surface area (Å²) in [7, 11) is 0. The first-order valence-electron chi connectivity index (χ1n) is 10.2. The Hall–Kier alpha value is -3.78. The molecule has 1 amide bonds. The molecule has 1 aliphatic rings. The van der Waals surface area contributed by atoms with Crippen LogP contribution in [0.3, 0.4) is 0 Å². The Balaban J connectivity index is 1.79. The van der Waals surface area contributed by atoms with Crippen LogP contribution < -0.4 is 0 Å². The van der Waals surface area contributed by atoms with Gasteiger partial charge in [-0.15, -0.1) is 0 Å². The summed E-state index contributed by atoms with van der Waals surface area (Å²) in [5.41, 5.74) is 1.75. The molecule has 1 N–H and O–H groups in total. The number of hydrogen-bond acceptors (Lipinski definition) is 5. The third kappa shape index (κ3) is 4.56. The van der Waals surface area contributed by atoms with Crippen molar-refractivity contribution in [2.24, 2.45) is 0 Å². The zero-order valence-corrected chi connectivity index (χ0v) is 18.9. The third-order valence-corrected chi connectivity index (χ3v) is 6.09. The number of hydrogen-bond donors (Lipinski definition) is 1. The van der Waals surface area contributed by atoms with Gasteiger partial charge in [-0.1, -0.05) is 58.4 Å². The quantitative estimate of drug-likeness (QED) is 0.166. The van der Waals surface area contributed by atoms with Gasteiger partial charge in [-0.05, 0) is 41.8 Å². The highest BCUT2D eigenvalue weighted by Gasteiger charge is 2.45. The molecule has 0 spiro atoms. The molecular formula is C25H19BrN2O5. The fourth-order valence-electron chi connectivity index (χ4n) is 3.89. The van der Waals surface area contributed by atoms with Gasteiger partial charge in [0.25, 0.3) is 17.4 Å². The number of Topliss-reactive ketones (excluding diaryl/α,β-unsaturated/α-hetero) is 1. The molecule has 8 heteroatoms. The lowest BCUT2D eigenvalue weighted by atomic mass is 9.95. The summed E-state index contributed by atoms with van der Waals surface area (Å²) < 4.78 is 0.800. The van der Waals surface area contributed by atoms with Gasteiger partial charge >= 0.3 is 0 Å². The van der Waals surface area contributed by atoms with Crippen molar-refractivity contribution in [1.82, 2.24) is 4.90 Å². The highest BCUT2D eigenvalue weighted by Crippen LogP contribution is 2.40. The second-order valence-electron chi connectivity index (χ2n) is 7.58.